The number of aromatic nitrogens is 3. The van der Waals surface area contributed by atoms with Crippen LogP contribution in [0.15, 0.2) is 18.2 Å². The molecular weight excluding hydrogens is 389 g/mol. The number of hydrogen-bond donors (Lipinski definition) is 2. The fourth-order valence-corrected chi connectivity index (χ4v) is 3.63. The monoisotopic (exact) mass is 411 g/mol. The molecule has 1 aromatic carbocycles. The van der Waals surface area contributed by atoms with Crippen LogP contribution in [0.4, 0.5) is 11.9 Å². The fourth-order valence-electron chi connectivity index (χ4n) is 3.14. The second-order valence-corrected chi connectivity index (χ2v) is 7.59. The molecule has 2 aromatic rings. The predicted molar refractivity (Wildman–Crippen MR) is 107 cm³/mol. The van der Waals surface area contributed by atoms with E-state index in [-0.39, 0.29) is 17.9 Å². The molecule has 1 fully saturated rings. The number of rotatable bonds is 5. The van der Waals surface area contributed by atoms with Crippen LogP contribution in [0.5, 0.6) is 0 Å². The highest BCUT2D eigenvalue weighted by molar-refractivity contribution is 6.35. The van der Waals surface area contributed by atoms with Gasteiger partial charge in [-0.15, -0.1) is 5.10 Å². The maximum Gasteiger partial charge on any atom is 0.241 e. The lowest BCUT2D eigenvalue weighted by atomic mass is 10.0. The molecule has 1 atom stereocenters. The fraction of sp³-hybridized carbons (Fsp3) is 0.471. The van der Waals surface area contributed by atoms with Gasteiger partial charge in [0, 0.05) is 36.2 Å². The summed E-state index contributed by atoms with van der Waals surface area (Å²) in [5.74, 6) is 0.940. The standard InChI is InChI=1S/C17H23Cl2N7O/c1-24(2)14(9-11-3-4-12(18)10-13(11)19)15(27)25-5-7-26(8-6-25)17-21-16(20)22-23-17/h3-4,10,14H,5-9H2,1-2H3,(H3,20,21,22,23). The Morgan fingerprint density at radius 1 is 1.30 bits per heavy atom. The van der Waals surface area contributed by atoms with Crippen LogP contribution < -0.4 is 10.6 Å². The number of carbonyl (C=O) groups is 1. The van der Waals surface area contributed by atoms with Gasteiger partial charge in [0.15, 0.2) is 0 Å². The van der Waals surface area contributed by atoms with E-state index in [2.05, 4.69) is 15.2 Å². The number of nitrogens with two attached hydrogens (primary N) is 1. The zero-order valence-electron chi connectivity index (χ0n) is 15.3. The highest BCUT2D eigenvalue weighted by Gasteiger charge is 2.30. The quantitative estimate of drug-likeness (QED) is 0.774. The molecule has 0 aliphatic carbocycles. The van der Waals surface area contributed by atoms with Crippen molar-refractivity contribution in [3.63, 3.8) is 0 Å². The molecule has 0 spiro atoms. The molecule has 1 unspecified atom stereocenters. The first-order valence-electron chi connectivity index (χ1n) is 8.67. The number of benzene rings is 1. The first kappa shape index (κ1) is 19.7. The molecule has 1 aromatic heterocycles. The summed E-state index contributed by atoms with van der Waals surface area (Å²) >= 11 is 12.3. The van der Waals surface area contributed by atoms with Gasteiger partial charge >= 0.3 is 0 Å². The zero-order chi connectivity index (χ0) is 19.6. The van der Waals surface area contributed by atoms with Crippen molar-refractivity contribution in [2.45, 2.75) is 12.5 Å². The second-order valence-electron chi connectivity index (χ2n) is 6.75. The highest BCUT2D eigenvalue weighted by atomic mass is 35.5. The van der Waals surface area contributed by atoms with Crippen LogP contribution in [0.1, 0.15) is 5.56 Å². The summed E-state index contributed by atoms with van der Waals surface area (Å²) in [5.41, 5.74) is 6.47. The number of nitrogens with zero attached hydrogens (tertiary/aromatic N) is 5. The van der Waals surface area contributed by atoms with Crippen molar-refractivity contribution in [2.75, 3.05) is 50.9 Å². The molecule has 146 valence electrons. The Labute approximate surface area is 168 Å². The third-order valence-corrected chi connectivity index (χ3v) is 5.31. The molecular formula is C17H23Cl2N7O. The molecule has 0 radical (unpaired) electrons. The van der Waals surface area contributed by atoms with Crippen LogP contribution in [-0.4, -0.2) is 77.2 Å². The number of likely N-dealkylation sites (N-methyl/N-ethyl adjacent to an activating group) is 1. The Bertz CT molecular complexity index is 802. The summed E-state index contributed by atoms with van der Waals surface area (Å²) < 4.78 is 0. The van der Waals surface area contributed by atoms with Gasteiger partial charge in [-0.05, 0) is 38.2 Å². The Kier molecular flexibility index (Phi) is 6.08. The smallest absolute Gasteiger partial charge is 0.241 e. The molecule has 10 heteroatoms. The van der Waals surface area contributed by atoms with Gasteiger partial charge in [0.25, 0.3) is 0 Å². The van der Waals surface area contributed by atoms with Gasteiger partial charge in [-0.2, -0.15) is 4.98 Å². The lowest BCUT2D eigenvalue weighted by Crippen LogP contribution is -2.54. The number of carbonyl (C=O) groups excluding carboxylic acids is 1. The van der Waals surface area contributed by atoms with Gasteiger partial charge in [-0.3, -0.25) is 9.69 Å². The number of nitrogen functional groups attached to an aromatic ring is 1. The summed E-state index contributed by atoms with van der Waals surface area (Å²) in [7, 11) is 3.81. The van der Waals surface area contributed by atoms with Crippen LogP contribution in [0.2, 0.25) is 10.0 Å². The van der Waals surface area contributed by atoms with Crippen molar-refractivity contribution >= 4 is 41.0 Å². The van der Waals surface area contributed by atoms with E-state index in [9.17, 15) is 4.79 Å². The molecule has 3 rings (SSSR count). The van der Waals surface area contributed by atoms with Crippen molar-refractivity contribution in [2.24, 2.45) is 0 Å². The van der Waals surface area contributed by atoms with Crippen molar-refractivity contribution in [1.29, 1.82) is 0 Å². The normalized spacial score (nSPS) is 16.0. The van der Waals surface area contributed by atoms with E-state index in [1.54, 1.807) is 12.1 Å². The van der Waals surface area contributed by atoms with Crippen molar-refractivity contribution in [1.82, 2.24) is 25.0 Å². The van der Waals surface area contributed by atoms with E-state index in [0.29, 0.717) is 48.6 Å². The summed E-state index contributed by atoms with van der Waals surface area (Å²) in [5, 5.41) is 7.82. The van der Waals surface area contributed by atoms with Crippen LogP contribution >= 0.6 is 23.2 Å². The lowest BCUT2D eigenvalue weighted by Gasteiger charge is -2.37. The average molecular weight is 412 g/mol. The molecule has 1 amide bonds. The number of H-pyrrole nitrogens is 1. The van der Waals surface area contributed by atoms with Crippen molar-refractivity contribution < 1.29 is 4.79 Å². The van der Waals surface area contributed by atoms with Gasteiger partial charge < -0.3 is 15.5 Å². The van der Waals surface area contributed by atoms with Crippen LogP contribution in [0, 0.1) is 0 Å². The highest BCUT2D eigenvalue weighted by Crippen LogP contribution is 2.23. The largest absolute Gasteiger partial charge is 0.366 e. The van der Waals surface area contributed by atoms with Gasteiger partial charge in [-0.1, -0.05) is 29.3 Å². The van der Waals surface area contributed by atoms with Crippen LogP contribution in [0.25, 0.3) is 0 Å². The van der Waals surface area contributed by atoms with Crippen molar-refractivity contribution in [3.05, 3.63) is 33.8 Å². The van der Waals surface area contributed by atoms with Gasteiger partial charge in [0.2, 0.25) is 17.8 Å². The van der Waals surface area contributed by atoms with Crippen LogP contribution in [0.3, 0.4) is 0 Å². The van der Waals surface area contributed by atoms with Crippen LogP contribution in [-0.2, 0) is 11.2 Å². The Balaban J connectivity index is 1.65. The summed E-state index contributed by atoms with van der Waals surface area (Å²) in [6.45, 7) is 2.56. The number of piperazine rings is 1. The van der Waals surface area contributed by atoms with E-state index >= 15 is 0 Å². The maximum absolute atomic E-state index is 13.1. The Morgan fingerprint density at radius 3 is 2.56 bits per heavy atom. The SMILES string of the molecule is CN(C)C(Cc1ccc(Cl)cc1Cl)C(=O)N1CCN(c2nc(N)n[nH]2)CC1. The average Bonchev–Trinajstić information content (AvgIpc) is 3.07. The third-order valence-electron chi connectivity index (χ3n) is 4.72. The third kappa shape index (κ3) is 4.63. The first-order chi connectivity index (χ1) is 12.8. The van der Waals surface area contributed by atoms with Crippen molar-refractivity contribution in [3.8, 4) is 0 Å². The minimum atomic E-state index is -0.295. The minimum Gasteiger partial charge on any atom is -0.366 e. The van der Waals surface area contributed by atoms with E-state index in [1.807, 2.05) is 34.9 Å². The summed E-state index contributed by atoms with van der Waals surface area (Å²) in [6, 6.07) is 5.08. The molecule has 1 saturated heterocycles. The molecule has 0 saturated carbocycles. The number of hydrogen-bond acceptors (Lipinski definition) is 6. The Hall–Kier alpha value is -2.03. The molecule has 8 nitrogen and oxygen atoms in total. The second kappa shape index (κ2) is 8.33. The zero-order valence-corrected chi connectivity index (χ0v) is 16.8. The number of anilines is 2. The molecule has 1 aliphatic rings. The van der Waals surface area contributed by atoms with Gasteiger partial charge in [0.05, 0.1) is 6.04 Å². The van der Waals surface area contributed by atoms with Gasteiger partial charge in [0.1, 0.15) is 0 Å². The predicted octanol–water partition coefficient (Wildman–Crippen LogP) is 1.52. The molecule has 27 heavy (non-hydrogen) atoms. The summed E-state index contributed by atoms with van der Waals surface area (Å²) in [4.78, 5) is 23.1. The molecule has 2 heterocycles. The number of nitrogens with one attached hydrogen (secondary N) is 1. The summed E-state index contributed by atoms with van der Waals surface area (Å²) in [6.07, 6.45) is 0.528. The number of aromatic amines is 1. The van der Waals surface area contributed by atoms with E-state index in [1.165, 1.54) is 0 Å². The number of halogens is 2. The molecule has 1 aliphatic heterocycles. The maximum atomic E-state index is 13.1. The Morgan fingerprint density at radius 2 is 2.00 bits per heavy atom. The van der Waals surface area contributed by atoms with E-state index in [0.717, 1.165) is 5.56 Å². The van der Waals surface area contributed by atoms with E-state index in [4.69, 9.17) is 28.9 Å². The minimum absolute atomic E-state index is 0.0859. The topological polar surface area (TPSA) is 94.4 Å². The molecule has 0 bridgehead atoms. The molecule has 3 N–H and O–H groups in total. The lowest BCUT2D eigenvalue weighted by molar-refractivity contribution is -0.136. The first-order valence-corrected chi connectivity index (χ1v) is 9.42. The number of amides is 1. The van der Waals surface area contributed by atoms with E-state index < -0.39 is 0 Å². The van der Waals surface area contributed by atoms with Gasteiger partial charge in [-0.25, -0.2) is 5.10 Å².